The van der Waals surface area contributed by atoms with E-state index in [1.807, 2.05) is 0 Å². The molecule has 3 rings (SSSR count). The van der Waals surface area contributed by atoms with Crippen molar-refractivity contribution in [2.24, 2.45) is 0 Å². The normalized spacial score (nSPS) is 23.2. The van der Waals surface area contributed by atoms with Gasteiger partial charge >= 0.3 is 0 Å². The maximum Gasteiger partial charge on any atom is 0.280 e. The Balaban J connectivity index is 0.00000120. The Hall–Kier alpha value is -0.670. The van der Waals surface area contributed by atoms with Crippen molar-refractivity contribution in [3.8, 4) is 0 Å². The van der Waals surface area contributed by atoms with Crippen LogP contribution in [0.25, 0.3) is 11.2 Å². The molecule has 1 aliphatic heterocycles. The zero-order valence-electron chi connectivity index (χ0n) is 9.54. The number of fused-ring (bicyclic) bond motifs is 1. The summed E-state index contributed by atoms with van der Waals surface area (Å²) in [7, 11) is 0. The fourth-order valence-corrected chi connectivity index (χ4v) is 1.94. The fourth-order valence-electron chi connectivity index (χ4n) is 1.94. The van der Waals surface area contributed by atoms with Gasteiger partial charge in [0, 0.05) is 44.2 Å². The molecule has 8 nitrogen and oxygen atoms in total. The summed E-state index contributed by atoms with van der Waals surface area (Å²) in [5.41, 5.74) is 5.67. The van der Waals surface area contributed by atoms with Gasteiger partial charge in [0.25, 0.3) is 5.56 Å². The number of aromatic amines is 1. The minimum absolute atomic E-state index is 0. The van der Waals surface area contributed by atoms with Gasteiger partial charge < -0.3 is 15.6 Å². The molecule has 0 aromatic carbocycles. The van der Waals surface area contributed by atoms with Crippen LogP contribution in [0.3, 0.4) is 0 Å². The molecular formula is C9H11CaN5O3. The molecule has 2 radical (unpaired) electrons. The number of hydrogen-bond donors (Lipinski definition) is 3. The number of aromatic nitrogens is 4. The molecule has 0 saturated carbocycles. The molecule has 3 heterocycles. The van der Waals surface area contributed by atoms with Gasteiger partial charge in [-0.15, -0.1) is 0 Å². The number of aliphatic hydroxyl groups is 1. The van der Waals surface area contributed by atoms with E-state index in [1.165, 1.54) is 6.33 Å². The van der Waals surface area contributed by atoms with Crippen molar-refractivity contribution >= 4 is 54.9 Å². The molecule has 0 spiro atoms. The van der Waals surface area contributed by atoms with Gasteiger partial charge in [0.2, 0.25) is 5.95 Å². The Morgan fingerprint density at radius 1 is 1.61 bits per heavy atom. The minimum atomic E-state index is -0.503. The number of nitrogens with one attached hydrogen (secondary N) is 1. The fraction of sp³-hybridized carbons (Fsp3) is 0.444. The predicted octanol–water partition coefficient (Wildman–Crippen LogP) is -1.40. The number of imidazole rings is 1. The van der Waals surface area contributed by atoms with E-state index < -0.39 is 6.10 Å². The van der Waals surface area contributed by atoms with Crippen molar-refractivity contribution in [1.82, 2.24) is 19.5 Å². The van der Waals surface area contributed by atoms with Crippen molar-refractivity contribution in [3.63, 3.8) is 0 Å². The molecule has 92 valence electrons. The van der Waals surface area contributed by atoms with E-state index in [4.69, 9.17) is 10.5 Å². The molecule has 0 amide bonds. The zero-order chi connectivity index (χ0) is 12.0. The van der Waals surface area contributed by atoms with Crippen LogP contribution >= 0.6 is 0 Å². The van der Waals surface area contributed by atoms with Crippen LogP contribution in [0.2, 0.25) is 0 Å². The van der Waals surface area contributed by atoms with Gasteiger partial charge in [0.1, 0.15) is 6.23 Å². The maximum atomic E-state index is 11.6. The van der Waals surface area contributed by atoms with Crippen molar-refractivity contribution in [2.45, 2.75) is 18.8 Å². The largest absolute Gasteiger partial charge is 0.391 e. The van der Waals surface area contributed by atoms with Crippen LogP contribution in [-0.4, -0.2) is 75.1 Å². The number of anilines is 1. The first-order chi connectivity index (χ1) is 8.15. The van der Waals surface area contributed by atoms with Crippen LogP contribution in [-0.2, 0) is 4.74 Å². The van der Waals surface area contributed by atoms with Crippen molar-refractivity contribution in [2.75, 3.05) is 12.3 Å². The van der Waals surface area contributed by atoms with Gasteiger partial charge in [0.05, 0.1) is 19.0 Å². The van der Waals surface area contributed by atoms with Gasteiger partial charge in [-0.05, 0) is 0 Å². The molecule has 2 aromatic rings. The molecule has 0 aliphatic carbocycles. The molecule has 4 N–H and O–H groups in total. The summed E-state index contributed by atoms with van der Waals surface area (Å²) in [6, 6.07) is 0. The number of ether oxygens (including phenoxy) is 1. The van der Waals surface area contributed by atoms with Crippen LogP contribution in [0.5, 0.6) is 0 Å². The second-order valence-electron chi connectivity index (χ2n) is 3.95. The molecule has 1 saturated heterocycles. The summed E-state index contributed by atoms with van der Waals surface area (Å²) in [6.07, 6.45) is 1.05. The smallest absolute Gasteiger partial charge is 0.280 e. The topological polar surface area (TPSA) is 119 Å². The standard InChI is InChI=1S/C9H11N5O3.Ca/c10-9-12-7-6(8(16)13-9)11-3-14(7)5-1-4(15)2-17-5;/h3-5,15H,1-2H2,(H3,10,12,13,16);/t4-,5+;/m0./s1. The number of aliphatic hydroxyl groups excluding tert-OH is 1. The van der Waals surface area contributed by atoms with E-state index in [0.717, 1.165) is 0 Å². The SMILES string of the molecule is Nc1nc2c(ncn2[C@H]2C[C@H](O)CO2)c(=O)[nH]1.[Ca]. The third-order valence-electron chi connectivity index (χ3n) is 2.72. The van der Waals surface area contributed by atoms with E-state index in [-0.39, 0.29) is 67.6 Å². The van der Waals surface area contributed by atoms with Crippen LogP contribution in [0.4, 0.5) is 5.95 Å². The summed E-state index contributed by atoms with van der Waals surface area (Å²) in [5.74, 6) is 0.0304. The summed E-state index contributed by atoms with van der Waals surface area (Å²) < 4.78 is 6.99. The molecule has 1 aliphatic rings. The first-order valence-electron chi connectivity index (χ1n) is 5.17. The second kappa shape index (κ2) is 5.14. The monoisotopic (exact) mass is 277 g/mol. The molecule has 0 unspecified atom stereocenters. The van der Waals surface area contributed by atoms with Crippen molar-refractivity contribution < 1.29 is 9.84 Å². The molecule has 9 heteroatoms. The minimum Gasteiger partial charge on any atom is -0.391 e. The van der Waals surface area contributed by atoms with E-state index in [9.17, 15) is 9.90 Å². The van der Waals surface area contributed by atoms with Gasteiger partial charge in [-0.3, -0.25) is 14.3 Å². The summed E-state index contributed by atoms with van der Waals surface area (Å²) >= 11 is 0. The summed E-state index contributed by atoms with van der Waals surface area (Å²) in [4.78, 5) is 21.9. The molecule has 2 aromatic heterocycles. The first kappa shape index (κ1) is 13.8. The Morgan fingerprint density at radius 3 is 3.06 bits per heavy atom. The quantitative estimate of drug-likeness (QED) is 0.552. The van der Waals surface area contributed by atoms with Crippen LogP contribution in [0.1, 0.15) is 12.6 Å². The molecular weight excluding hydrogens is 266 g/mol. The maximum absolute atomic E-state index is 11.6. The van der Waals surface area contributed by atoms with E-state index in [2.05, 4.69) is 15.0 Å². The van der Waals surface area contributed by atoms with Gasteiger partial charge in [-0.2, -0.15) is 4.98 Å². The number of H-pyrrole nitrogens is 1. The Labute approximate surface area is 131 Å². The predicted molar refractivity (Wildman–Crippen MR) is 63.9 cm³/mol. The number of nitrogen functional groups attached to an aromatic ring is 1. The number of nitrogens with zero attached hydrogens (tertiary/aromatic N) is 3. The van der Waals surface area contributed by atoms with Crippen LogP contribution in [0.15, 0.2) is 11.1 Å². The first-order valence-corrected chi connectivity index (χ1v) is 5.17. The van der Waals surface area contributed by atoms with Gasteiger partial charge in [0.15, 0.2) is 11.2 Å². The molecule has 0 bridgehead atoms. The molecule has 18 heavy (non-hydrogen) atoms. The molecule has 1 fully saturated rings. The van der Waals surface area contributed by atoms with E-state index in [1.54, 1.807) is 4.57 Å². The van der Waals surface area contributed by atoms with Crippen LogP contribution in [0, 0.1) is 0 Å². The van der Waals surface area contributed by atoms with Crippen molar-refractivity contribution in [3.05, 3.63) is 16.7 Å². The third-order valence-corrected chi connectivity index (χ3v) is 2.72. The Morgan fingerprint density at radius 2 is 2.39 bits per heavy atom. The zero-order valence-corrected chi connectivity index (χ0v) is 11.7. The molecule has 2 atom stereocenters. The number of rotatable bonds is 1. The third kappa shape index (κ3) is 2.26. The van der Waals surface area contributed by atoms with E-state index in [0.29, 0.717) is 12.1 Å². The number of hydrogen-bond acceptors (Lipinski definition) is 6. The number of nitrogens with two attached hydrogens (primary N) is 1. The summed E-state index contributed by atoms with van der Waals surface area (Å²) in [6.45, 7) is 0.267. The average molecular weight is 277 g/mol. The average Bonchev–Trinajstić information content (AvgIpc) is 2.83. The van der Waals surface area contributed by atoms with E-state index >= 15 is 0 Å². The Kier molecular flexibility index (Phi) is 3.93. The van der Waals surface area contributed by atoms with Crippen LogP contribution < -0.4 is 11.3 Å². The second-order valence-corrected chi connectivity index (χ2v) is 3.95. The van der Waals surface area contributed by atoms with Gasteiger partial charge in [-0.1, -0.05) is 0 Å². The van der Waals surface area contributed by atoms with Crippen molar-refractivity contribution in [1.29, 1.82) is 0 Å². The summed E-state index contributed by atoms with van der Waals surface area (Å²) in [5, 5.41) is 9.41. The van der Waals surface area contributed by atoms with Gasteiger partial charge in [-0.25, -0.2) is 4.98 Å². The Bertz CT molecular complexity index is 624.